The van der Waals surface area contributed by atoms with E-state index in [0.29, 0.717) is 16.0 Å². The highest BCUT2D eigenvalue weighted by molar-refractivity contribution is 7.80. The third kappa shape index (κ3) is 4.02. The molecular formula is C15H16O2S. The second kappa shape index (κ2) is 7.69. The van der Waals surface area contributed by atoms with Crippen molar-refractivity contribution in [3.8, 4) is 0 Å². The highest BCUT2D eigenvalue weighted by Gasteiger charge is 2.10. The normalized spacial score (nSPS) is 9.28. The van der Waals surface area contributed by atoms with Gasteiger partial charge in [0.2, 0.25) is 0 Å². The number of ketones is 1. The third-order valence-corrected chi connectivity index (χ3v) is 2.57. The zero-order chi connectivity index (χ0) is 13.4. The average molecular weight is 260 g/mol. The molecule has 2 rings (SSSR count). The molecule has 1 N–H and O–H groups in total. The lowest BCUT2D eigenvalue weighted by molar-refractivity contribution is 0.103. The first-order valence-corrected chi connectivity index (χ1v) is 6.14. The van der Waals surface area contributed by atoms with Gasteiger partial charge in [-0.05, 0) is 19.1 Å². The number of benzene rings is 2. The zero-order valence-electron chi connectivity index (χ0n) is 10.2. The average Bonchev–Trinajstić information content (AvgIpc) is 2.40. The van der Waals surface area contributed by atoms with Crippen molar-refractivity contribution in [1.82, 2.24) is 0 Å². The molecule has 0 aliphatic rings. The lowest BCUT2D eigenvalue weighted by atomic mass is 10.0. The van der Waals surface area contributed by atoms with Crippen molar-refractivity contribution in [3.05, 3.63) is 65.7 Å². The Kier molecular flexibility index (Phi) is 6.19. The Labute approximate surface area is 113 Å². The molecule has 0 aromatic heterocycles. The molecule has 0 aliphatic heterocycles. The molecule has 94 valence electrons. The van der Waals surface area contributed by atoms with Crippen LogP contribution in [0.5, 0.6) is 0 Å². The Morgan fingerprint density at radius 2 is 1.56 bits per heavy atom. The highest BCUT2D eigenvalue weighted by Crippen LogP contribution is 2.17. The summed E-state index contributed by atoms with van der Waals surface area (Å²) in [5, 5.41) is 7.57. The van der Waals surface area contributed by atoms with Crippen molar-refractivity contribution in [2.75, 3.05) is 6.61 Å². The fourth-order valence-corrected chi connectivity index (χ4v) is 1.67. The SMILES string of the molecule is CCO.O=C(c1ccccc1)c1ccccc1S. The van der Waals surface area contributed by atoms with Crippen LogP contribution in [0.1, 0.15) is 22.8 Å². The molecule has 0 atom stereocenters. The number of carbonyl (C=O) groups excluding carboxylic acids is 1. The zero-order valence-corrected chi connectivity index (χ0v) is 11.1. The van der Waals surface area contributed by atoms with Gasteiger partial charge >= 0.3 is 0 Å². The maximum Gasteiger partial charge on any atom is 0.194 e. The Balaban J connectivity index is 0.000000492. The van der Waals surface area contributed by atoms with E-state index in [4.69, 9.17) is 5.11 Å². The van der Waals surface area contributed by atoms with E-state index >= 15 is 0 Å². The van der Waals surface area contributed by atoms with Crippen LogP contribution in [0.15, 0.2) is 59.5 Å². The van der Waals surface area contributed by atoms with Gasteiger partial charge in [-0.15, -0.1) is 12.6 Å². The Morgan fingerprint density at radius 1 is 1.06 bits per heavy atom. The summed E-state index contributed by atoms with van der Waals surface area (Å²) in [7, 11) is 0. The fraction of sp³-hybridized carbons (Fsp3) is 0.133. The summed E-state index contributed by atoms with van der Waals surface area (Å²) in [4.78, 5) is 12.7. The van der Waals surface area contributed by atoms with E-state index in [2.05, 4.69) is 12.6 Å². The summed E-state index contributed by atoms with van der Waals surface area (Å²) >= 11 is 4.27. The molecule has 0 radical (unpaired) electrons. The quantitative estimate of drug-likeness (QED) is 0.642. The molecule has 18 heavy (non-hydrogen) atoms. The number of carbonyl (C=O) groups is 1. The molecule has 0 unspecified atom stereocenters. The molecule has 0 amide bonds. The first kappa shape index (κ1) is 14.5. The van der Waals surface area contributed by atoms with Crippen LogP contribution in [-0.2, 0) is 0 Å². The van der Waals surface area contributed by atoms with E-state index in [9.17, 15) is 4.79 Å². The summed E-state index contributed by atoms with van der Waals surface area (Å²) in [6, 6.07) is 16.5. The maximum absolute atomic E-state index is 12.0. The van der Waals surface area contributed by atoms with E-state index in [1.807, 2.05) is 48.5 Å². The van der Waals surface area contributed by atoms with Gasteiger partial charge in [0.1, 0.15) is 0 Å². The molecule has 2 aromatic rings. The molecule has 2 aromatic carbocycles. The predicted molar refractivity (Wildman–Crippen MR) is 76.3 cm³/mol. The topological polar surface area (TPSA) is 37.3 Å². The molecular weight excluding hydrogens is 244 g/mol. The van der Waals surface area contributed by atoms with Crippen LogP contribution in [0.3, 0.4) is 0 Å². The van der Waals surface area contributed by atoms with Gasteiger partial charge in [0, 0.05) is 22.6 Å². The van der Waals surface area contributed by atoms with Gasteiger partial charge in [-0.3, -0.25) is 4.79 Å². The van der Waals surface area contributed by atoms with Crippen LogP contribution in [0.4, 0.5) is 0 Å². The third-order valence-electron chi connectivity index (χ3n) is 2.18. The van der Waals surface area contributed by atoms with E-state index < -0.39 is 0 Å². The van der Waals surface area contributed by atoms with Crippen LogP contribution >= 0.6 is 12.6 Å². The second-order valence-corrected chi connectivity index (χ2v) is 4.01. The van der Waals surface area contributed by atoms with Gasteiger partial charge in [0.05, 0.1) is 0 Å². The first-order chi connectivity index (χ1) is 8.70. The molecule has 0 saturated carbocycles. The number of rotatable bonds is 2. The van der Waals surface area contributed by atoms with Gasteiger partial charge in [-0.25, -0.2) is 0 Å². The minimum Gasteiger partial charge on any atom is -0.397 e. The minimum atomic E-state index is 0.0150. The van der Waals surface area contributed by atoms with Crippen LogP contribution < -0.4 is 0 Å². The van der Waals surface area contributed by atoms with E-state index in [1.54, 1.807) is 13.0 Å². The number of thiol groups is 1. The first-order valence-electron chi connectivity index (χ1n) is 5.69. The van der Waals surface area contributed by atoms with Crippen molar-refractivity contribution in [2.24, 2.45) is 0 Å². The molecule has 0 saturated heterocycles. The molecule has 0 fully saturated rings. The van der Waals surface area contributed by atoms with Gasteiger partial charge in [-0.1, -0.05) is 42.5 Å². The van der Waals surface area contributed by atoms with Crippen molar-refractivity contribution >= 4 is 18.4 Å². The van der Waals surface area contributed by atoms with Gasteiger partial charge in [0.25, 0.3) is 0 Å². The fourth-order valence-electron chi connectivity index (χ4n) is 1.41. The van der Waals surface area contributed by atoms with Crippen molar-refractivity contribution in [2.45, 2.75) is 11.8 Å². The minimum absolute atomic E-state index is 0.0150. The van der Waals surface area contributed by atoms with Crippen molar-refractivity contribution in [1.29, 1.82) is 0 Å². The van der Waals surface area contributed by atoms with Crippen LogP contribution in [0.25, 0.3) is 0 Å². The highest BCUT2D eigenvalue weighted by atomic mass is 32.1. The second-order valence-electron chi connectivity index (χ2n) is 3.53. The van der Waals surface area contributed by atoms with E-state index in [0.717, 1.165) is 0 Å². The predicted octanol–water partition coefficient (Wildman–Crippen LogP) is 3.20. The Bertz CT molecular complexity index is 495. The maximum atomic E-state index is 12.0. The van der Waals surface area contributed by atoms with Crippen molar-refractivity contribution in [3.63, 3.8) is 0 Å². The Morgan fingerprint density at radius 3 is 2.11 bits per heavy atom. The summed E-state index contributed by atoms with van der Waals surface area (Å²) in [6.45, 7) is 1.93. The van der Waals surface area contributed by atoms with Crippen molar-refractivity contribution < 1.29 is 9.90 Å². The summed E-state index contributed by atoms with van der Waals surface area (Å²) < 4.78 is 0. The summed E-state index contributed by atoms with van der Waals surface area (Å²) in [5.74, 6) is 0.0150. The van der Waals surface area contributed by atoms with E-state index in [-0.39, 0.29) is 12.4 Å². The smallest absolute Gasteiger partial charge is 0.194 e. The molecule has 2 nitrogen and oxygen atoms in total. The number of aliphatic hydroxyl groups excluding tert-OH is 1. The molecule has 3 heteroatoms. The standard InChI is InChI=1S/C13H10OS.C2H6O/c14-13(10-6-2-1-3-7-10)11-8-4-5-9-12(11)15;1-2-3/h1-9,15H;3H,2H2,1H3. The van der Waals surface area contributed by atoms with Gasteiger partial charge < -0.3 is 5.11 Å². The van der Waals surface area contributed by atoms with Crippen LogP contribution in [-0.4, -0.2) is 17.5 Å². The molecule has 0 aliphatic carbocycles. The van der Waals surface area contributed by atoms with Gasteiger partial charge in [-0.2, -0.15) is 0 Å². The van der Waals surface area contributed by atoms with Gasteiger partial charge in [0.15, 0.2) is 5.78 Å². The van der Waals surface area contributed by atoms with Crippen LogP contribution in [0, 0.1) is 0 Å². The van der Waals surface area contributed by atoms with Crippen LogP contribution in [0.2, 0.25) is 0 Å². The largest absolute Gasteiger partial charge is 0.397 e. The molecule has 0 heterocycles. The number of hydrogen-bond acceptors (Lipinski definition) is 3. The molecule has 0 bridgehead atoms. The Hall–Kier alpha value is -1.58. The lowest BCUT2D eigenvalue weighted by Crippen LogP contribution is -2.01. The monoisotopic (exact) mass is 260 g/mol. The summed E-state index contributed by atoms with van der Waals surface area (Å²) in [5.41, 5.74) is 1.34. The molecule has 0 spiro atoms. The number of aliphatic hydroxyl groups is 1. The van der Waals surface area contributed by atoms with E-state index in [1.165, 1.54) is 0 Å². The summed E-state index contributed by atoms with van der Waals surface area (Å²) in [6.07, 6.45) is 0. The number of hydrogen-bond donors (Lipinski definition) is 2. The lowest BCUT2D eigenvalue weighted by Gasteiger charge is -2.03.